The maximum absolute atomic E-state index is 12.9. The highest BCUT2D eigenvalue weighted by molar-refractivity contribution is 7.89. The molecule has 0 radical (unpaired) electrons. The van der Waals surface area contributed by atoms with Crippen molar-refractivity contribution in [2.75, 3.05) is 6.54 Å². The Labute approximate surface area is 150 Å². The summed E-state index contributed by atoms with van der Waals surface area (Å²) < 4.78 is 32.3. The van der Waals surface area contributed by atoms with Crippen molar-refractivity contribution in [3.63, 3.8) is 0 Å². The summed E-state index contributed by atoms with van der Waals surface area (Å²) in [6.45, 7) is 0.678. The second-order valence-corrected chi connectivity index (χ2v) is 8.27. The number of hydrogen-bond acceptors (Lipinski definition) is 4. The second kappa shape index (κ2) is 6.29. The topological polar surface area (TPSA) is 63.4 Å². The van der Waals surface area contributed by atoms with Crippen molar-refractivity contribution in [1.29, 1.82) is 0 Å². The minimum absolute atomic E-state index is 0.276. The molecule has 128 valence electrons. The summed E-state index contributed by atoms with van der Waals surface area (Å²) >= 11 is 6.02. The number of rotatable bonds is 3. The van der Waals surface area contributed by atoms with E-state index in [0.29, 0.717) is 18.0 Å². The van der Waals surface area contributed by atoms with Crippen LogP contribution in [0.25, 0.3) is 11.1 Å². The minimum Gasteiger partial charge on any atom is -0.361 e. The zero-order chi connectivity index (χ0) is 17.4. The Morgan fingerprint density at radius 2 is 1.88 bits per heavy atom. The Balaban J connectivity index is 1.61. The molecule has 0 spiro atoms. The number of benzene rings is 2. The van der Waals surface area contributed by atoms with Crippen LogP contribution in [0.5, 0.6) is 0 Å². The fourth-order valence-electron chi connectivity index (χ4n) is 2.96. The standard InChI is InChI=1S/C18H15ClN2O3S/c19-16-3-1-2-14(10-16)13-4-6-17(7-5-13)25(22,23)21-9-8-18-15(12-21)11-20-24-18/h1-7,10-11H,8-9,12H2. The van der Waals surface area contributed by atoms with Crippen molar-refractivity contribution >= 4 is 21.6 Å². The molecule has 0 N–H and O–H groups in total. The monoisotopic (exact) mass is 374 g/mol. The molecule has 5 nitrogen and oxygen atoms in total. The van der Waals surface area contributed by atoms with Crippen LogP contribution in [0, 0.1) is 0 Å². The molecule has 7 heteroatoms. The molecule has 3 aromatic rings. The van der Waals surface area contributed by atoms with Crippen LogP contribution in [0.2, 0.25) is 5.02 Å². The Morgan fingerprint density at radius 3 is 2.64 bits per heavy atom. The van der Waals surface area contributed by atoms with E-state index < -0.39 is 10.0 Å². The van der Waals surface area contributed by atoms with Gasteiger partial charge in [-0.25, -0.2) is 8.42 Å². The smallest absolute Gasteiger partial charge is 0.243 e. The van der Waals surface area contributed by atoms with E-state index in [1.165, 1.54) is 4.31 Å². The highest BCUT2D eigenvalue weighted by Gasteiger charge is 2.30. The molecule has 0 amide bonds. The van der Waals surface area contributed by atoms with Crippen LogP contribution < -0.4 is 0 Å². The third-order valence-electron chi connectivity index (χ3n) is 4.31. The first kappa shape index (κ1) is 16.3. The lowest BCUT2D eigenvalue weighted by Crippen LogP contribution is -2.35. The lowest BCUT2D eigenvalue weighted by atomic mass is 10.1. The van der Waals surface area contributed by atoms with Crippen LogP contribution in [-0.4, -0.2) is 24.4 Å². The molecule has 0 saturated heterocycles. The van der Waals surface area contributed by atoms with Gasteiger partial charge in [0.05, 0.1) is 11.1 Å². The first-order valence-electron chi connectivity index (χ1n) is 7.82. The number of aromatic nitrogens is 1. The van der Waals surface area contributed by atoms with Gasteiger partial charge >= 0.3 is 0 Å². The van der Waals surface area contributed by atoms with E-state index in [1.54, 1.807) is 36.5 Å². The summed E-state index contributed by atoms with van der Waals surface area (Å²) in [5, 5.41) is 4.38. The number of halogens is 1. The summed E-state index contributed by atoms with van der Waals surface area (Å²) in [6.07, 6.45) is 2.12. The van der Waals surface area contributed by atoms with Crippen molar-refractivity contribution in [2.24, 2.45) is 0 Å². The molecule has 25 heavy (non-hydrogen) atoms. The van der Waals surface area contributed by atoms with Crippen molar-refractivity contribution in [3.05, 3.63) is 71.1 Å². The lowest BCUT2D eigenvalue weighted by molar-refractivity contribution is 0.331. The lowest BCUT2D eigenvalue weighted by Gasteiger charge is -2.25. The predicted octanol–water partition coefficient (Wildman–Crippen LogP) is 3.74. The fraction of sp³-hybridized carbons (Fsp3) is 0.167. The van der Waals surface area contributed by atoms with E-state index in [4.69, 9.17) is 16.1 Å². The van der Waals surface area contributed by atoms with E-state index in [2.05, 4.69) is 5.16 Å². The largest absolute Gasteiger partial charge is 0.361 e. The first-order chi connectivity index (χ1) is 12.0. The van der Waals surface area contributed by atoms with Gasteiger partial charge in [-0.3, -0.25) is 0 Å². The Morgan fingerprint density at radius 1 is 1.08 bits per heavy atom. The van der Waals surface area contributed by atoms with Gasteiger partial charge in [0.2, 0.25) is 10.0 Å². The first-order valence-corrected chi connectivity index (χ1v) is 9.64. The Bertz CT molecular complexity index is 1010. The summed E-state index contributed by atoms with van der Waals surface area (Å²) in [5.74, 6) is 0.766. The highest BCUT2D eigenvalue weighted by Crippen LogP contribution is 2.27. The molecule has 1 aromatic heterocycles. The van der Waals surface area contributed by atoms with Gasteiger partial charge < -0.3 is 4.52 Å². The summed E-state index contributed by atoms with van der Waals surface area (Å²) in [6, 6.07) is 14.3. The maximum atomic E-state index is 12.9. The molecule has 0 aliphatic carbocycles. The van der Waals surface area contributed by atoms with Crippen LogP contribution >= 0.6 is 11.6 Å². The molecule has 0 atom stereocenters. The SMILES string of the molecule is O=S(=O)(c1ccc(-c2cccc(Cl)c2)cc1)N1CCc2oncc2C1. The molecule has 4 rings (SSSR count). The van der Waals surface area contributed by atoms with E-state index >= 15 is 0 Å². The second-order valence-electron chi connectivity index (χ2n) is 5.90. The van der Waals surface area contributed by atoms with Gasteiger partial charge in [-0.2, -0.15) is 4.31 Å². The number of nitrogens with zero attached hydrogens (tertiary/aromatic N) is 2. The average Bonchev–Trinajstić information content (AvgIpc) is 3.09. The van der Waals surface area contributed by atoms with Crippen LogP contribution in [0.4, 0.5) is 0 Å². The Kier molecular flexibility index (Phi) is 4.11. The van der Waals surface area contributed by atoms with Gasteiger partial charge in [-0.1, -0.05) is 41.0 Å². The Hall–Kier alpha value is -2.15. The molecule has 2 heterocycles. The molecule has 0 bridgehead atoms. The zero-order valence-electron chi connectivity index (χ0n) is 13.2. The van der Waals surface area contributed by atoms with Crippen LogP contribution in [-0.2, 0) is 23.0 Å². The molecular weight excluding hydrogens is 360 g/mol. The van der Waals surface area contributed by atoms with Gasteiger partial charge in [0.15, 0.2) is 0 Å². The van der Waals surface area contributed by atoms with Crippen LogP contribution in [0.15, 0.2) is 64.1 Å². The van der Waals surface area contributed by atoms with Gasteiger partial charge in [0.25, 0.3) is 0 Å². The van der Waals surface area contributed by atoms with E-state index in [1.807, 2.05) is 18.2 Å². The average molecular weight is 375 g/mol. The summed E-state index contributed by atoms with van der Waals surface area (Å²) in [4.78, 5) is 0.276. The number of sulfonamides is 1. The van der Waals surface area contributed by atoms with Gasteiger partial charge in [-0.05, 0) is 35.4 Å². The van der Waals surface area contributed by atoms with E-state index in [9.17, 15) is 8.42 Å². The van der Waals surface area contributed by atoms with Crippen molar-refractivity contribution < 1.29 is 12.9 Å². The third-order valence-corrected chi connectivity index (χ3v) is 6.41. The van der Waals surface area contributed by atoms with Gasteiger partial charge in [0, 0.05) is 30.1 Å². The van der Waals surface area contributed by atoms with Gasteiger partial charge in [-0.15, -0.1) is 0 Å². The summed E-state index contributed by atoms with van der Waals surface area (Å²) in [5.41, 5.74) is 2.69. The summed E-state index contributed by atoms with van der Waals surface area (Å²) in [7, 11) is -3.55. The molecule has 0 fully saturated rings. The normalized spacial score (nSPS) is 15.1. The molecule has 1 aliphatic heterocycles. The maximum Gasteiger partial charge on any atom is 0.243 e. The molecule has 1 aliphatic rings. The number of hydrogen-bond donors (Lipinski definition) is 0. The zero-order valence-corrected chi connectivity index (χ0v) is 14.8. The van der Waals surface area contributed by atoms with Gasteiger partial charge in [0.1, 0.15) is 5.76 Å². The van der Waals surface area contributed by atoms with Crippen molar-refractivity contribution in [1.82, 2.24) is 9.46 Å². The molecule has 2 aromatic carbocycles. The fourth-order valence-corrected chi connectivity index (χ4v) is 4.57. The van der Waals surface area contributed by atoms with Crippen LogP contribution in [0.1, 0.15) is 11.3 Å². The highest BCUT2D eigenvalue weighted by atomic mass is 35.5. The molecule has 0 saturated carbocycles. The predicted molar refractivity (Wildman–Crippen MR) is 94.7 cm³/mol. The quantitative estimate of drug-likeness (QED) is 0.700. The van der Waals surface area contributed by atoms with Crippen molar-refractivity contribution in [3.8, 4) is 11.1 Å². The third kappa shape index (κ3) is 3.08. The number of fused-ring (bicyclic) bond motifs is 1. The molecular formula is C18H15ClN2O3S. The van der Waals surface area contributed by atoms with E-state index in [0.717, 1.165) is 22.5 Å². The van der Waals surface area contributed by atoms with Crippen LogP contribution in [0.3, 0.4) is 0 Å². The molecule has 0 unspecified atom stereocenters. The van der Waals surface area contributed by atoms with E-state index in [-0.39, 0.29) is 11.4 Å². The minimum atomic E-state index is -3.55. The van der Waals surface area contributed by atoms with Crippen molar-refractivity contribution in [2.45, 2.75) is 17.9 Å².